The average Bonchev–Trinajstić information content (AvgIpc) is 2.87. The number of nitrogens with one attached hydrogen (secondary N) is 1. The first-order valence-corrected chi connectivity index (χ1v) is 12.9. The summed E-state index contributed by atoms with van der Waals surface area (Å²) >= 11 is 3.32. The van der Waals surface area contributed by atoms with Gasteiger partial charge in [-0.3, -0.25) is 9.10 Å². The number of carbonyl (C=O) groups excluding carboxylic acids is 1. The van der Waals surface area contributed by atoms with Crippen molar-refractivity contribution in [1.82, 2.24) is 5.43 Å². The maximum Gasteiger partial charge on any atom is 0.264 e. The summed E-state index contributed by atoms with van der Waals surface area (Å²) in [7, 11) is 0.424. The summed E-state index contributed by atoms with van der Waals surface area (Å²) in [5.74, 6) is 0.967. The molecule has 1 N–H and O–H groups in total. The van der Waals surface area contributed by atoms with Gasteiger partial charge in [0.25, 0.3) is 15.9 Å². The molecule has 3 aromatic rings. The third-order valence-corrected chi connectivity index (χ3v) is 7.54. The minimum Gasteiger partial charge on any atom is -0.497 e. The van der Waals surface area contributed by atoms with Gasteiger partial charge in [-0.2, -0.15) is 5.10 Å². The van der Waals surface area contributed by atoms with E-state index >= 15 is 0 Å². The van der Waals surface area contributed by atoms with Gasteiger partial charge in [0.2, 0.25) is 0 Å². The molecule has 0 bridgehead atoms. The van der Waals surface area contributed by atoms with Crippen LogP contribution in [0.1, 0.15) is 11.1 Å². The summed E-state index contributed by atoms with van der Waals surface area (Å²) in [6.07, 6.45) is 1.39. The number of halogens is 1. The van der Waals surface area contributed by atoms with Gasteiger partial charge in [-0.25, -0.2) is 13.8 Å². The highest BCUT2D eigenvalue weighted by atomic mass is 79.9. The van der Waals surface area contributed by atoms with E-state index in [1.54, 1.807) is 42.5 Å². The molecule has 0 spiro atoms. The van der Waals surface area contributed by atoms with Crippen LogP contribution in [0.3, 0.4) is 0 Å². The monoisotopic (exact) mass is 575 g/mol. The van der Waals surface area contributed by atoms with Crippen LogP contribution >= 0.6 is 15.9 Å². The molecule has 0 unspecified atom stereocenters. The third-order valence-electron chi connectivity index (χ3n) is 5.15. The van der Waals surface area contributed by atoms with Crippen LogP contribution in [0.25, 0.3) is 0 Å². The second-order valence-corrected chi connectivity index (χ2v) is 10.3. The lowest BCUT2D eigenvalue weighted by Crippen LogP contribution is -2.39. The van der Waals surface area contributed by atoms with Crippen LogP contribution in [-0.2, 0) is 14.8 Å². The summed E-state index contributed by atoms with van der Waals surface area (Å²) in [6.45, 7) is 1.39. The number of hydrazone groups is 1. The zero-order valence-corrected chi connectivity index (χ0v) is 22.6. The Balaban J connectivity index is 1.87. The van der Waals surface area contributed by atoms with Gasteiger partial charge in [0.15, 0.2) is 0 Å². The smallest absolute Gasteiger partial charge is 0.264 e. The molecule has 0 saturated heterocycles. The SMILES string of the molecule is COc1ccc(OC)c(/C=N\NC(=O)CN(c2ccc(C)cc2)S(=O)(=O)c2ccc(OC)c(Br)c2)c1. The van der Waals surface area contributed by atoms with E-state index in [-0.39, 0.29) is 4.90 Å². The number of methoxy groups -OCH3 is 3. The van der Waals surface area contributed by atoms with Crippen LogP contribution in [0.2, 0.25) is 0 Å². The topological polar surface area (TPSA) is 107 Å². The van der Waals surface area contributed by atoms with Gasteiger partial charge < -0.3 is 14.2 Å². The number of anilines is 1. The molecule has 0 aliphatic rings. The summed E-state index contributed by atoms with van der Waals surface area (Å²) < 4.78 is 44.3. The molecule has 0 fully saturated rings. The molecule has 190 valence electrons. The summed E-state index contributed by atoms with van der Waals surface area (Å²) in [6, 6.07) is 16.4. The molecule has 3 rings (SSSR count). The van der Waals surface area contributed by atoms with Crippen LogP contribution in [-0.4, -0.2) is 48.4 Å². The molecule has 0 aliphatic heterocycles. The Labute approximate surface area is 218 Å². The van der Waals surface area contributed by atoms with Gasteiger partial charge in [0.05, 0.1) is 42.6 Å². The maximum absolute atomic E-state index is 13.6. The molecular formula is C25H26BrN3O6S. The van der Waals surface area contributed by atoms with Gasteiger partial charge in [-0.1, -0.05) is 17.7 Å². The number of amides is 1. The van der Waals surface area contributed by atoms with Gasteiger partial charge in [0, 0.05) is 5.56 Å². The molecule has 0 aromatic heterocycles. The molecule has 36 heavy (non-hydrogen) atoms. The lowest BCUT2D eigenvalue weighted by molar-refractivity contribution is -0.119. The van der Waals surface area contributed by atoms with Gasteiger partial charge in [-0.15, -0.1) is 0 Å². The number of ether oxygens (including phenoxy) is 3. The Morgan fingerprint density at radius 1 is 0.972 bits per heavy atom. The molecule has 1 amide bonds. The maximum atomic E-state index is 13.6. The number of aryl methyl sites for hydroxylation is 1. The minimum atomic E-state index is -4.11. The van der Waals surface area contributed by atoms with Crippen molar-refractivity contribution in [2.75, 3.05) is 32.2 Å². The van der Waals surface area contributed by atoms with Crippen molar-refractivity contribution in [3.05, 3.63) is 76.3 Å². The van der Waals surface area contributed by atoms with Crippen molar-refractivity contribution in [1.29, 1.82) is 0 Å². The highest BCUT2D eigenvalue weighted by molar-refractivity contribution is 9.10. The van der Waals surface area contributed by atoms with Crippen LogP contribution in [0.15, 0.2) is 75.1 Å². The number of hydrogen-bond acceptors (Lipinski definition) is 7. The molecule has 0 heterocycles. The predicted molar refractivity (Wildman–Crippen MR) is 142 cm³/mol. The Hall–Kier alpha value is -3.57. The Bertz CT molecular complexity index is 1360. The van der Waals surface area contributed by atoms with Crippen molar-refractivity contribution in [3.63, 3.8) is 0 Å². The highest BCUT2D eigenvalue weighted by Gasteiger charge is 2.28. The summed E-state index contributed by atoms with van der Waals surface area (Å²) in [5, 5.41) is 3.97. The Morgan fingerprint density at radius 2 is 1.64 bits per heavy atom. The first-order valence-electron chi connectivity index (χ1n) is 10.7. The van der Waals surface area contributed by atoms with Crippen molar-refractivity contribution in [2.24, 2.45) is 5.10 Å². The van der Waals surface area contributed by atoms with E-state index < -0.39 is 22.5 Å². The molecule has 0 saturated carbocycles. The number of rotatable bonds is 10. The molecule has 9 nitrogen and oxygen atoms in total. The van der Waals surface area contributed by atoms with Crippen LogP contribution in [0.5, 0.6) is 17.2 Å². The van der Waals surface area contributed by atoms with E-state index in [2.05, 4.69) is 26.5 Å². The molecule has 0 radical (unpaired) electrons. The van der Waals surface area contributed by atoms with Gasteiger partial charge in [0.1, 0.15) is 23.8 Å². The number of hydrogen-bond donors (Lipinski definition) is 1. The Kier molecular flexibility index (Phi) is 8.94. The molecule has 0 atom stereocenters. The lowest BCUT2D eigenvalue weighted by Gasteiger charge is -2.24. The number of sulfonamides is 1. The number of benzene rings is 3. The van der Waals surface area contributed by atoms with E-state index in [1.165, 1.54) is 45.7 Å². The van der Waals surface area contributed by atoms with E-state index in [9.17, 15) is 13.2 Å². The summed E-state index contributed by atoms with van der Waals surface area (Å²) in [4.78, 5) is 12.8. The van der Waals surface area contributed by atoms with Crippen LogP contribution < -0.4 is 23.9 Å². The molecular weight excluding hydrogens is 550 g/mol. The molecule has 3 aromatic carbocycles. The standard InChI is InChI=1S/C25H26BrN3O6S/c1-17-5-7-19(8-6-17)29(36(31,32)21-10-12-24(35-4)22(26)14-21)16-25(30)28-27-15-18-13-20(33-2)9-11-23(18)34-3/h5-15H,16H2,1-4H3,(H,28,30)/b27-15-. The minimum absolute atomic E-state index is 0.00633. The van der Waals surface area contributed by atoms with Crippen molar-refractivity contribution in [2.45, 2.75) is 11.8 Å². The molecule has 11 heteroatoms. The number of carbonyl (C=O) groups is 1. The van der Waals surface area contributed by atoms with E-state index in [0.717, 1.165) is 9.87 Å². The lowest BCUT2D eigenvalue weighted by atomic mass is 10.2. The average molecular weight is 576 g/mol. The summed E-state index contributed by atoms with van der Waals surface area (Å²) in [5.41, 5.74) is 4.24. The fourth-order valence-electron chi connectivity index (χ4n) is 3.24. The van der Waals surface area contributed by atoms with Crippen molar-refractivity contribution in [3.8, 4) is 17.2 Å². The fourth-order valence-corrected chi connectivity index (χ4v) is 5.38. The Morgan fingerprint density at radius 3 is 2.25 bits per heavy atom. The largest absolute Gasteiger partial charge is 0.497 e. The van der Waals surface area contributed by atoms with Crippen molar-refractivity contribution >= 4 is 43.8 Å². The number of nitrogens with zero attached hydrogens (tertiary/aromatic N) is 2. The van der Waals surface area contributed by atoms with Gasteiger partial charge in [-0.05, 0) is 71.4 Å². The predicted octanol–water partition coefficient (Wildman–Crippen LogP) is 4.13. The fraction of sp³-hybridized carbons (Fsp3) is 0.200. The van der Waals surface area contributed by atoms with Crippen LogP contribution in [0.4, 0.5) is 5.69 Å². The van der Waals surface area contributed by atoms with Crippen LogP contribution in [0, 0.1) is 6.92 Å². The first-order chi connectivity index (χ1) is 17.2. The zero-order valence-electron chi connectivity index (χ0n) is 20.2. The third kappa shape index (κ3) is 6.35. The van der Waals surface area contributed by atoms with E-state index in [4.69, 9.17) is 14.2 Å². The zero-order chi connectivity index (χ0) is 26.3. The second kappa shape index (κ2) is 11.9. The quantitative estimate of drug-likeness (QED) is 0.288. The van der Waals surface area contributed by atoms with Crippen molar-refractivity contribution < 1.29 is 27.4 Å². The first kappa shape index (κ1) is 27.0. The molecule has 0 aliphatic carbocycles. The normalized spacial score (nSPS) is 11.2. The van der Waals surface area contributed by atoms with E-state index in [0.29, 0.717) is 33.0 Å². The van der Waals surface area contributed by atoms with E-state index in [1.807, 2.05) is 6.92 Å². The highest BCUT2D eigenvalue weighted by Crippen LogP contribution is 2.31. The second-order valence-electron chi connectivity index (χ2n) is 7.54. The van der Waals surface area contributed by atoms with Gasteiger partial charge >= 0.3 is 0 Å².